The molecule has 0 radical (unpaired) electrons. The number of fused-ring (bicyclic) bond motifs is 1. The highest BCUT2D eigenvalue weighted by Gasteiger charge is 2.71. The van der Waals surface area contributed by atoms with Crippen LogP contribution in [-0.2, 0) is 35.0 Å². The third kappa shape index (κ3) is 5.65. The Labute approximate surface area is 229 Å². The second-order valence-electron chi connectivity index (χ2n) is 9.54. The molecule has 0 amide bonds. The van der Waals surface area contributed by atoms with Crippen molar-refractivity contribution in [1.82, 2.24) is 9.78 Å². The second-order valence-corrected chi connectivity index (χ2v) is 11.4. The van der Waals surface area contributed by atoms with Gasteiger partial charge in [-0.15, -0.1) is 0 Å². The van der Waals surface area contributed by atoms with Crippen LogP contribution in [0.1, 0.15) is 23.2 Å². The fourth-order valence-corrected chi connectivity index (χ4v) is 6.49. The highest BCUT2D eigenvalue weighted by molar-refractivity contribution is 7.92. The third-order valence-corrected chi connectivity index (χ3v) is 8.73. The topological polar surface area (TPSA) is 116 Å². The summed E-state index contributed by atoms with van der Waals surface area (Å²) in [5.74, 6) is -0.742. The Morgan fingerprint density at radius 1 is 1.00 bits per heavy atom. The Bertz CT molecular complexity index is 1480. The molecule has 0 fully saturated rings. The third-order valence-electron chi connectivity index (χ3n) is 6.85. The van der Waals surface area contributed by atoms with Crippen molar-refractivity contribution < 1.29 is 54.5 Å². The lowest BCUT2D eigenvalue weighted by Crippen LogP contribution is -2.54. The largest absolute Gasteiger partial charge is 0.430 e. The Hall–Kier alpha value is -3.21. The first-order valence-electron chi connectivity index (χ1n) is 12.1. The summed E-state index contributed by atoms with van der Waals surface area (Å²) >= 11 is 0. The molecular weight excluding hydrogens is 587 g/mol. The van der Waals surface area contributed by atoms with E-state index in [1.807, 2.05) is 0 Å². The average molecular weight is 612 g/mol. The molecule has 16 heteroatoms. The molecule has 1 aliphatic heterocycles. The highest BCUT2D eigenvalue weighted by Crippen LogP contribution is 2.51. The molecule has 0 bridgehead atoms. The van der Waals surface area contributed by atoms with Gasteiger partial charge in [0.05, 0.1) is 35.9 Å². The van der Waals surface area contributed by atoms with E-state index in [9.17, 15) is 49.4 Å². The minimum atomic E-state index is -6.13. The van der Waals surface area contributed by atoms with Gasteiger partial charge in [-0.1, -0.05) is 12.1 Å². The predicted molar refractivity (Wildman–Crippen MR) is 130 cm³/mol. The molecule has 1 aliphatic rings. The van der Waals surface area contributed by atoms with Crippen molar-refractivity contribution in [3.8, 4) is 0 Å². The van der Waals surface area contributed by atoms with E-state index in [1.54, 1.807) is 0 Å². The summed E-state index contributed by atoms with van der Waals surface area (Å²) in [6, 6.07) is 5.93. The van der Waals surface area contributed by atoms with Gasteiger partial charge in [0.1, 0.15) is 5.82 Å². The van der Waals surface area contributed by atoms with E-state index in [2.05, 4.69) is 5.10 Å². The molecule has 2 unspecified atom stereocenters. The van der Waals surface area contributed by atoms with E-state index in [4.69, 9.17) is 5.11 Å². The fourth-order valence-electron chi connectivity index (χ4n) is 4.78. The molecule has 0 saturated heterocycles. The van der Waals surface area contributed by atoms with E-state index in [1.165, 1.54) is 16.9 Å². The van der Waals surface area contributed by atoms with Gasteiger partial charge in [-0.25, -0.2) is 12.8 Å². The number of hydrogen-bond acceptors (Lipinski definition) is 6. The number of aromatic nitrogens is 2. The van der Waals surface area contributed by atoms with Crippen molar-refractivity contribution in [3.05, 3.63) is 77.4 Å². The zero-order chi connectivity index (χ0) is 30.4. The quantitative estimate of drug-likeness (QED) is 0.337. The number of sulfonamides is 1. The molecule has 2 aromatic carbocycles. The lowest BCUT2D eigenvalue weighted by Gasteiger charge is -2.39. The lowest BCUT2D eigenvalue weighted by molar-refractivity contribution is -0.376. The van der Waals surface area contributed by atoms with Crippen molar-refractivity contribution in [3.63, 3.8) is 0 Å². The number of aliphatic hydroxyl groups is 3. The molecule has 1 aromatic heterocycles. The monoisotopic (exact) mass is 611 g/mol. The summed E-state index contributed by atoms with van der Waals surface area (Å²) in [4.78, 5) is -0.382. The van der Waals surface area contributed by atoms with Gasteiger partial charge in [0, 0.05) is 23.9 Å². The van der Waals surface area contributed by atoms with Gasteiger partial charge in [-0.05, 0) is 54.8 Å². The Kier molecular flexibility index (Phi) is 8.16. The van der Waals surface area contributed by atoms with Crippen molar-refractivity contribution in [2.75, 3.05) is 10.9 Å². The molecule has 2 atom stereocenters. The van der Waals surface area contributed by atoms with Crippen LogP contribution in [-0.4, -0.2) is 64.6 Å². The SMILES string of the molecule is O=S(=O)(c1ccc(F)cc1)N1c2ccc(C(O)(C(F)(F)F)C(F)(F)F)cc2CCC1Cc1ccnn1CC(O)CO. The van der Waals surface area contributed by atoms with Crippen LogP contribution in [0.5, 0.6) is 0 Å². The summed E-state index contributed by atoms with van der Waals surface area (Å²) < 4.78 is 124. The number of alkyl halides is 6. The van der Waals surface area contributed by atoms with E-state index in [-0.39, 0.29) is 42.0 Å². The van der Waals surface area contributed by atoms with Crippen LogP contribution in [0.25, 0.3) is 0 Å². The van der Waals surface area contributed by atoms with Crippen molar-refractivity contribution in [1.29, 1.82) is 0 Å². The number of hydrogen-bond donors (Lipinski definition) is 3. The molecule has 3 aromatic rings. The molecule has 0 spiro atoms. The molecule has 3 N–H and O–H groups in total. The number of aliphatic hydroxyl groups excluding tert-OH is 2. The average Bonchev–Trinajstić information content (AvgIpc) is 3.32. The molecule has 224 valence electrons. The highest BCUT2D eigenvalue weighted by atomic mass is 32.2. The maximum Gasteiger partial charge on any atom is 0.430 e. The predicted octanol–water partition coefficient (Wildman–Crippen LogP) is 3.44. The van der Waals surface area contributed by atoms with E-state index in [0.717, 1.165) is 34.6 Å². The Balaban J connectivity index is 1.83. The van der Waals surface area contributed by atoms with Crippen LogP contribution in [0.4, 0.5) is 36.4 Å². The Morgan fingerprint density at radius 2 is 1.63 bits per heavy atom. The molecule has 0 aliphatic carbocycles. The van der Waals surface area contributed by atoms with Gasteiger partial charge in [0.25, 0.3) is 15.6 Å². The van der Waals surface area contributed by atoms with Crippen molar-refractivity contribution in [2.45, 2.75) is 60.8 Å². The van der Waals surface area contributed by atoms with E-state index >= 15 is 0 Å². The van der Waals surface area contributed by atoms with Crippen molar-refractivity contribution >= 4 is 15.7 Å². The summed E-state index contributed by atoms with van der Waals surface area (Å²) in [6.45, 7) is -0.713. The van der Waals surface area contributed by atoms with Gasteiger partial charge in [0.15, 0.2) is 0 Å². The van der Waals surface area contributed by atoms with Crippen molar-refractivity contribution in [2.24, 2.45) is 0 Å². The fraction of sp³-hybridized carbons (Fsp3) is 0.400. The first-order chi connectivity index (χ1) is 19.0. The molecule has 2 heterocycles. The molecular formula is C25H24F7N3O5S. The van der Waals surface area contributed by atoms with Crippen LogP contribution in [0.3, 0.4) is 0 Å². The number of benzene rings is 2. The minimum Gasteiger partial charge on any atom is -0.394 e. The number of nitrogens with zero attached hydrogens (tertiary/aromatic N) is 3. The van der Waals surface area contributed by atoms with Crippen LogP contribution >= 0.6 is 0 Å². The smallest absolute Gasteiger partial charge is 0.394 e. The molecule has 4 rings (SSSR count). The van der Waals surface area contributed by atoms with Gasteiger partial charge in [0.2, 0.25) is 0 Å². The second kappa shape index (κ2) is 10.9. The zero-order valence-corrected chi connectivity index (χ0v) is 21.8. The van der Waals surface area contributed by atoms with E-state index in [0.29, 0.717) is 17.8 Å². The standard InChI is InChI=1S/C25H24F7N3O5S/c26-17-3-6-21(7-4-17)41(39,40)35-19(12-18-9-10-33-34(18)13-20(37)14-36)5-1-15-11-16(2-8-22(15)35)23(38,24(27,28)29)25(30,31)32/h2-4,6-11,19-20,36-38H,1,5,12-14H2. The summed E-state index contributed by atoms with van der Waals surface area (Å²) in [7, 11) is -4.55. The van der Waals surface area contributed by atoms with Crippen LogP contribution in [0.15, 0.2) is 59.6 Å². The summed E-state index contributed by atoms with van der Waals surface area (Å²) in [5.41, 5.74) is -6.72. The normalized spacial score (nSPS) is 17.4. The molecule has 0 saturated carbocycles. The Morgan fingerprint density at radius 3 is 2.22 bits per heavy atom. The number of anilines is 1. The summed E-state index contributed by atoms with van der Waals surface area (Å²) in [5, 5.41) is 32.9. The lowest BCUT2D eigenvalue weighted by atomic mass is 9.87. The van der Waals surface area contributed by atoms with Gasteiger partial charge >= 0.3 is 12.4 Å². The van der Waals surface area contributed by atoms with Crippen LogP contribution in [0.2, 0.25) is 0 Å². The zero-order valence-electron chi connectivity index (χ0n) is 20.9. The van der Waals surface area contributed by atoms with Crippen LogP contribution in [0, 0.1) is 5.82 Å². The van der Waals surface area contributed by atoms with Gasteiger partial charge < -0.3 is 15.3 Å². The minimum absolute atomic E-state index is 0.0468. The molecule has 8 nitrogen and oxygen atoms in total. The maximum atomic E-state index is 13.8. The van der Waals surface area contributed by atoms with Gasteiger partial charge in [-0.3, -0.25) is 8.99 Å². The summed E-state index contributed by atoms with van der Waals surface area (Å²) in [6.07, 6.45) is -12.3. The number of rotatable bonds is 8. The first-order valence-corrected chi connectivity index (χ1v) is 13.5. The van der Waals surface area contributed by atoms with Gasteiger partial charge in [-0.2, -0.15) is 31.4 Å². The first kappa shape index (κ1) is 30.7. The molecule has 41 heavy (non-hydrogen) atoms. The maximum absolute atomic E-state index is 13.8. The van der Waals surface area contributed by atoms with E-state index < -0.39 is 58.1 Å². The number of halogens is 7. The number of aryl methyl sites for hydroxylation is 1. The van der Waals surface area contributed by atoms with Crippen LogP contribution < -0.4 is 4.31 Å².